The minimum absolute atomic E-state index is 0.0141. The molecule has 4 aromatic carbocycles. The van der Waals surface area contributed by atoms with Gasteiger partial charge in [0.05, 0.1) is 48.8 Å². The van der Waals surface area contributed by atoms with Gasteiger partial charge in [-0.05, 0) is 168 Å². The zero-order valence-electron chi connectivity index (χ0n) is 66.3. The lowest BCUT2D eigenvalue weighted by atomic mass is 9.90. The average Bonchev–Trinajstić information content (AvgIpc) is 0.747. The molecule has 24 N–H and O–H groups in total. The van der Waals surface area contributed by atoms with Crippen molar-refractivity contribution in [2.75, 3.05) is 70.2 Å². The Balaban J connectivity index is 1.03. The highest BCUT2D eigenvalue weighted by atomic mass is 32.1. The molecule has 41 heteroatoms. The fourth-order valence-electron chi connectivity index (χ4n) is 11.7. The number of carboxylic acid groups (broad SMARTS) is 1. The van der Waals surface area contributed by atoms with Gasteiger partial charge in [0.25, 0.3) is 0 Å². The number of amides is 12. The molecular weight excluding hydrogens is 1570 g/mol. The lowest BCUT2D eigenvalue weighted by Crippen LogP contribution is -2.61. The first kappa shape index (κ1) is 94.6. The van der Waals surface area contributed by atoms with Gasteiger partial charge in [-0.3, -0.25) is 67.7 Å². The fourth-order valence-corrected chi connectivity index (χ4v) is 12.0. The highest BCUT2D eigenvalue weighted by Gasteiger charge is 2.36. The van der Waals surface area contributed by atoms with Gasteiger partial charge in [-0.25, -0.2) is 4.79 Å². The number of aromatic carboxylic acids is 1. The normalized spacial score (nSPS) is 13.3. The van der Waals surface area contributed by atoms with Crippen molar-refractivity contribution >= 4 is 134 Å². The number of nitrogens with two attached hydrogens (primary N) is 2. The summed E-state index contributed by atoms with van der Waals surface area (Å²) in [6.07, 6.45) is -3.28. The number of nitrogens with one attached hydrogen (secondary N) is 15. The number of aliphatic hydroxyl groups excluding tert-OH is 3. The van der Waals surface area contributed by atoms with Gasteiger partial charge >= 0.3 is 5.97 Å². The van der Waals surface area contributed by atoms with Gasteiger partial charge in [-0.15, -0.1) is 0 Å². The molecule has 6 rings (SSSR count). The van der Waals surface area contributed by atoms with Crippen molar-refractivity contribution in [2.24, 2.45) is 21.7 Å². The van der Waals surface area contributed by atoms with E-state index in [9.17, 15) is 92.7 Å². The van der Waals surface area contributed by atoms with Crippen molar-refractivity contribution in [3.8, 4) is 28.2 Å². The molecule has 0 saturated carbocycles. The second kappa shape index (κ2) is 47.1. The number of phenolic OH excluding ortho intramolecular Hbond substituents is 1. The molecule has 0 unspecified atom stereocenters. The molecule has 0 bridgehead atoms. The van der Waals surface area contributed by atoms with Gasteiger partial charge in [-0.2, -0.15) is 10.2 Å². The minimum atomic E-state index is -1.90. The van der Waals surface area contributed by atoms with Crippen LogP contribution in [0.3, 0.4) is 0 Å². The number of aromatic hydroxyl groups is 1. The molecule has 4 aromatic rings. The zero-order chi connectivity index (χ0) is 87.6. The number of aryl methyl sites for hydroxylation is 1. The van der Waals surface area contributed by atoms with Crippen LogP contribution in [0.2, 0.25) is 0 Å². The number of primary amides is 1. The van der Waals surface area contributed by atoms with Crippen LogP contribution in [0.1, 0.15) is 101 Å². The van der Waals surface area contributed by atoms with Crippen LogP contribution in [0, 0.1) is 5.41 Å². The summed E-state index contributed by atoms with van der Waals surface area (Å²) in [5, 5.41) is 104. The number of carbonyl (C=O) groups is 13. The molecule has 119 heavy (non-hydrogen) atoms. The average molecular weight is 1670 g/mol. The quantitative estimate of drug-likeness (QED) is 0.00550. The van der Waals surface area contributed by atoms with E-state index in [2.05, 4.69) is 84.7 Å². The minimum Gasteiger partial charge on any atom is -0.508 e. The van der Waals surface area contributed by atoms with Gasteiger partial charge < -0.3 is 121 Å². The molecule has 1 aliphatic carbocycles. The van der Waals surface area contributed by atoms with E-state index in [4.69, 9.17) is 33.5 Å². The van der Waals surface area contributed by atoms with E-state index in [0.717, 1.165) is 32.0 Å². The van der Waals surface area contributed by atoms with Crippen LogP contribution in [-0.2, 0) is 64.0 Å². The Morgan fingerprint density at radius 3 is 1.71 bits per heavy atom. The predicted octanol–water partition coefficient (Wildman–Crippen LogP) is -0.890. The molecular formula is C78H102N20O20S. The third-order valence-corrected chi connectivity index (χ3v) is 18.3. The molecule has 0 aromatic heterocycles. The van der Waals surface area contributed by atoms with Gasteiger partial charge in [0.2, 0.25) is 70.9 Å². The van der Waals surface area contributed by atoms with E-state index in [1.54, 1.807) is 30.3 Å². The van der Waals surface area contributed by atoms with Crippen molar-refractivity contribution in [3.63, 3.8) is 0 Å². The number of azo groups is 1. The molecule has 1 heterocycles. The van der Waals surface area contributed by atoms with Crippen molar-refractivity contribution < 1.29 is 92.3 Å². The number of aliphatic hydroxyl groups is 3. The number of benzene rings is 5. The lowest BCUT2D eigenvalue weighted by molar-refractivity contribution is -0.137. The second-order valence-corrected chi connectivity index (χ2v) is 28.3. The molecule has 12 amide bonds. The Hall–Kier alpha value is -13.3. The molecule has 0 radical (unpaired) electrons. The van der Waals surface area contributed by atoms with Crippen molar-refractivity contribution in [2.45, 2.75) is 146 Å². The number of thiocarbonyl (C=S) groups is 1. The summed E-state index contributed by atoms with van der Waals surface area (Å²) in [6.45, 7) is 2.44. The number of nitrogens with zero attached hydrogens (tertiary/aromatic N) is 3. The van der Waals surface area contributed by atoms with E-state index in [0.29, 0.717) is 46.4 Å². The summed E-state index contributed by atoms with van der Waals surface area (Å²) in [7, 11) is 3.85. The summed E-state index contributed by atoms with van der Waals surface area (Å²) in [4.78, 5) is 186. The number of carboxylic acids is 1. The van der Waals surface area contributed by atoms with Crippen LogP contribution in [0.15, 0.2) is 123 Å². The largest absolute Gasteiger partial charge is 0.508 e. The number of anilines is 2. The van der Waals surface area contributed by atoms with Gasteiger partial charge in [0.1, 0.15) is 59.4 Å². The number of carbonyl (C=O) groups excluding carboxylic acids is 12. The van der Waals surface area contributed by atoms with E-state index < -0.39 is 151 Å². The fraction of sp³-hybridized carbons (Fsp3) is 0.410. The maximum atomic E-state index is 14.5. The van der Waals surface area contributed by atoms with Crippen LogP contribution in [0.5, 0.6) is 5.75 Å². The highest BCUT2D eigenvalue weighted by molar-refractivity contribution is 7.80. The van der Waals surface area contributed by atoms with Crippen LogP contribution in [-0.4, -0.2) is 228 Å². The first-order valence-electron chi connectivity index (χ1n) is 37.9. The number of phenols is 1. The molecule has 0 saturated heterocycles. The first-order valence-corrected chi connectivity index (χ1v) is 38.3. The van der Waals surface area contributed by atoms with Gasteiger partial charge in [-0.1, -0.05) is 18.2 Å². The predicted molar refractivity (Wildman–Crippen MR) is 440 cm³/mol. The lowest BCUT2D eigenvalue weighted by Gasteiger charge is -2.27. The molecule has 2 aliphatic rings. The number of hydrogen-bond donors (Lipinski definition) is 22. The van der Waals surface area contributed by atoms with Crippen molar-refractivity contribution in [1.82, 2.24) is 69.1 Å². The molecule has 640 valence electrons. The van der Waals surface area contributed by atoms with E-state index >= 15 is 0 Å². The summed E-state index contributed by atoms with van der Waals surface area (Å²) in [6, 6.07) is 16.1. The Morgan fingerprint density at radius 2 is 1.09 bits per heavy atom. The van der Waals surface area contributed by atoms with Crippen LogP contribution < -0.4 is 96.2 Å². The number of hydrogen-bond acceptors (Lipinski definition) is 24. The van der Waals surface area contributed by atoms with Gasteiger partial charge in [0.15, 0.2) is 16.5 Å². The van der Waals surface area contributed by atoms with Crippen LogP contribution in [0.4, 0.5) is 22.7 Å². The Morgan fingerprint density at radius 1 is 0.546 bits per heavy atom. The van der Waals surface area contributed by atoms with Crippen molar-refractivity contribution in [1.29, 1.82) is 5.41 Å². The molecule has 0 fully saturated rings. The summed E-state index contributed by atoms with van der Waals surface area (Å²) >= 11 is 5.44. The molecule has 1 aliphatic heterocycles. The third kappa shape index (κ3) is 31.4. The SMILES string of the molecule is CC(=O)N[C@@H](CCC(N)=O)C(=O)N[C@H](C(=O)N[C@@H](C)C(=O)N[C@@H](CCCNC(=N)N)C(=O)N[C@@H](CCCCNC(=O)CCc1ccc(N=Nc2ccc(N(C)C)cc2)cc1)C(=O)N[C@@H](CO)C(=O)N[C@H](C(=O)NCC(=O)NCC(=O)NCCCNC(=S)Nc1ccc(-c2c3ccc(=O)cc-3oc3cc(O)ccc23)c(C(=O)O)c1)[C@@H](C)O)[C@@H](C)O. The standard InChI is InChI=1S/C78H102N20O20S/c1-41(88-75(115)68(43(3)101)95-72(112)58(89-44(4)102)28-29-62(79)105)69(109)91-57(12-9-32-84-77(80)81)70(110)92-56(11-7-8-31-82-63(106)30-15-45-13-16-46(17-14-45)96-97-47-18-21-49(22-19-47)98(5)6)71(111)93-59(40-99)73(113)94-67(42(2)100)74(114)87-39-65(108)86-38-64(107)83-33-10-34-85-78(119)90-48-20-25-52(55(35-48)76(116)117)66-53-26-23-50(103)36-60(53)118-61-37-51(104)24-27-54(61)66/h13-14,16-27,35-37,41-43,56-59,67-68,99-101,103H,7-12,15,28-34,38-40H2,1-6H3,(H2,79,105)(H,82,106)(H,83,107)(H,86,108)(H,87,114)(H,88,115)(H,89,102)(H,91,109)(H,92,110)(H,93,111)(H,94,113)(H,95,112)(H,116,117)(H4,80,81,84)(H2,85,90,119)/t41-,42+,43+,56-,57-,58-,59-,67-,68-/m0/s1. The topological polar surface area (TPSA) is 626 Å². The summed E-state index contributed by atoms with van der Waals surface area (Å²) in [5.41, 5.74) is 15.0. The summed E-state index contributed by atoms with van der Waals surface area (Å²) in [5.74, 6) is -12.5. The van der Waals surface area contributed by atoms with Crippen molar-refractivity contribution in [3.05, 3.63) is 124 Å². The van der Waals surface area contributed by atoms with E-state index in [1.807, 2.05) is 55.4 Å². The molecule has 40 nitrogen and oxygen atoms in total. The molecule has 9 atom stereocenters. The Kier molecular flexibility index (Phi) is 37.4. The Labute approximate surface area is 688 Å². The highest BCUT2D eigenvalue weighted by Crippen LogP contribution is 2.42. The van der Waals surface area contributed by atoms with Crippen LogP contribution >= 0.6 is 12.2 Å². The third-order valence-electron chi connectivity index (χ3n) is 18.1. The van der Waals surface area contributed by atoms with E-state index in [1.165, 1.54) is 43.3 Å². The van der Waals surface area contributed by atoms with Gasteiger partial charge in [0, 0.05) is 100 Å². The van der Waals surface area contributed by atoms with E-state index in [-0.39, 0.29) is 122 Å². The number of rotatable bonds is 46. The smallest absolute Gasteiger partial charge is 0.336 e. The first-order chi connectivity index (χ1) is 56.5. The number of fused-ring (bicyclic) bond motifs is 2. The maximum absolute atomic E-state index is 14.5. The second-order valence-electron chi connectivity index (χ2n) is 27.9. The zero-order valence-corrected chi connectivity index (χ0v) is 67.1. The molecule has 0 spiro atoms. The Bertz CT molecular complexity index is 4680. The number of guanidine groups is 1. The number of unbranched alkanes of at least 4 members (excludes halogenated alkanes) is 1. The monoisotopic (exact) mass is 1670 g/mol. The summed E-state index contributed by atoms with van der Waals surface area (Å²) < 4.78 is 5.90. The van der Waals surface area contributed by atoms with Crippen LogP contribution in [0.25, 0.3) is 33.4 Å². The maximum Gasteiger partial charge on any atom is 0.336 e.